The predicted molar refractivity (Wildman–Crippen MR) is 188 cm³/mol. The van der Waals surface area contributed by atoms with E-state index in [0.29, 0.717) is 43.5 Å². The third-order valence-corrected chi connectivity index (χ3v) is 15.6. The Morgan fingerprint density at radius 1 is 0.833 bits per heavy atom. The molecule has 0 spiro atoms. The van der Waals surface area contributed by atoms with Crippen molar-refractivity contribution in [2.75, 3.05) is 26.9 Å². The van der Waals surface area contributed by atoms with Crippen LogP contribution in [0.2, 0.25) is 0 Å². The molecule has 0 aliphatic heterocycles. The standard InChI is InChI=1S/C42H62O6/c1-28(2)30-16-21-42(37(44)47-26-29-12-10-9-11-13-29)23-22-40(6)31(36(30)42)14-15-33-39(5)19-18-34(48-35(43)27-46-25-24-45-8)38(3,4)32(39)17-20-41(33,40)7/h9-13,30-34,36H,1,14-27H2,2-8H3/t30-,31?,32?,33?,34-,36?,39-,40+,41+,42-/m0/s1. The van der Waals surface area contributed by atoms with Crippen molar-refractivity contribution in [1.82, 2.24) is 0 Å². The van der Waals surface area contributed by atoms with Crippen molar-refractivity contribution < 1.29 is 28.5 Å². The van der Waals surface area contributed by atoms with Gasteiger partial charge in [0, 0.05) is 12.5 Å². The van der Waals surface area contributed by atoms with Crippen LogP contribution in [0.25, 0.3) is 0 Å². The molecule has 5 aliphatic carbocycles. The molecule has 1 aromatic rings. The zero-order chi connectivity index (χ0) is 34.5. The number of allylic oxidation sites excluding steroid dienone is 1. The highest BCUT2D eigenvalue weighted by Gasteiger charge is 2.72. The van der Waals surface area contributed by atoms with Gasteiger partial charge in [0.05, 0.1) is 18.6 Å². The van der Waals surface area contributed by atoms with E-state index in [2.05, 4.69) is 48.1 Å². The summed E-state index contributed by atoms with van der Waals surface area (Å²) in [5.74, 6) is 1.98. The molecule has 0 radical (unpaired) electrons. The van der Waals surface area contributed by atoms with Crippen molar-refractivity contribution in [2.24, 2.45) is 56.7 Å². The second-order valence-electron chi connectivity index (χ2n) is 17.8. The van der Waals surface area contributed by atoms with Gasteiger partial charge in [0.15, 0.2) is 0 Å². The number of methoxy groups -OCH3 is 1. The SMILES string of the molecule is C=C(C)[C@@H]1CC[C@]2(C(=O)OCc3ccccc3)CC[C@]3(C)C(CCC4[C@@]5(C)CC[C@H](OC(=O)COCCOC)C(C)(C)C5CC[C@]43C)C12. The van der Waals surface area contributed by atoms with Gasteiger partial charge in [0.2, 0.25) is 0 Å². The van der Waals surface area contributed by atoms with Crippen LogP contribution in [-0.2, 0) is 35.1 Å². The molecule has 5 saturated carbocycles. The van der Waals surface area contributed by atoms with Gasteiger partial charge in [-0.25, -0.2) is 4.79 Å². The lowest BCUT2D eigenvalue weighted by Crippen LogP contribution is -2.67. The molecule has 0 amide bonds. The molecular weight excluding hydrogens is 600 g/mol. The van der Waals surface area contributed by atoms with E-state index in [1.54, 1.807) is 7.11 Å². The number of carbonyl (C=O) groups is 2. The Morgan fingerprint density at radius 3 is 2.29 bits per heavy atom. The zero-order valence-electron chi connectivity index (χ0n) is 30.9. The zero-order valence-corrected chi connectivity index (χ0v) is 30.9. The first-order chi connectivity index (χ1) is 22.7. The van der Waals surface area contributed by atoms with Crippen LogP contribution >= 0.6 is 0 Å². The molecule has 0 bridgehead atoms. The lowest BCUT2D eigenvalue weighted by atomic mass is 9.32. The molecule has 0 aromatic heterocycles. The fraction of sp³-hybridized carbons (Fsp3) is 0.762. The van der Waals surface area contributed by atoms with Crippen molar-refractivity contribution in [3.63, 3.8) is 0 Å². The van der Waals surface area contributed by atoms with E-state index in [1.807, 2.05) is 30.3 Å². The predicted octanol–water partition coefficient (Wildman–Crippen LogP) is 8.96. The second kappa shape index (κ2) is 13.2. The number of carbonyl (C=O) groups excluding carboxylic acids is 2. The summed E-state index contributed by atoms with van der Waals surface area (Å²) >= 11 is 0. The van der Waals surface area contributed by atoms with E-state index in [0.717, 1.165) is 50.5 Å². The van der Waals surface area contributed by atoms with Crippen LogP contribution in [0.15, 0.2) is 42.5 Å². The molecule has 6 rings (SSSR count). The number of rotatable bonds is 10. The summed E-state index contributed by atoms with van der Waals surface area (Å²) in [6.07, 6.45) is 10.5. The highest BCUT2D eigenvalue weighted by molar-refractivity contribution is 5.78. The van der Waals surface area contributed by atoms with Gasteiger partial charge in [-0.1, -0.05) is 77.1 Å². The van der Waals surface area contributed by atoms with Crippen molar-refractivity contribution in [1.29, 1.82) is 0 Å². The van der Waals surface area contributed by atoms with E-state index in [-0.39, 0.29) is 52.2 Å². The highest BCUT2D eigenvalue weighted by atomic mass is 16.6. The normalized spacial score (nSPS) is 41.2. The topological polar surface area (TPSA) is 71.1 Å². The van der Waals surface area contributed by atoms with Gasteiger partial charge in [0.25, 0.3) is 0 Å². The maximum atomic E-state index is 14.3. The van der Waals surface area contributed by atoms with Gasteiger partial charge in [0.1, 0.15) is 19.3 Å². The van der Waals surface area contributed by atoms with Gasteiger partial charge in [-0.3, -0.25) is 4.79 Å². The van der Waals surface area contributed by atoms with Gasteiger partial charge in [-0.05, 0) is 123 Å². The van der Waals surface area contributed by atoms with Gasteiger partial charge in [-0.15, -0.1) is 0 Å². The first kappa shape index (κ1) is 35.6. The number of benzene rings is 1. The minimum atomic E-state index is -0.413. The summed E-state index contributed by atoms with van der Waals surface area (Å²) in [6.45, 7) is 20.4. The monoisotopic (exact) mass is 662 g/mol. The molecule has 5 fully saturated rings. The molecule has 10 atom stereocenters. The van der Waals surface area contributed by atoms with E-state index in [1.165, 1.54) is 24.8 Å². The van der Waals surface area contributed by atoms with Crippen LogP contribution < -0.4 is 0 Å². The molecule has 0 heterocycles. The Bertz CT molecular complexity index is 1350. The third kappa shape index (κ3) is 5.60. The number of esters is 2. The van der Waals surface area contributed by atoms with E-state index in [9.17, 15) is 9.59 Å². The van der Waals surface area contributed by atoms with E-state index in [4.69, 9.17) is 18.9 Å². The van der Waals surface area contributed by atoms with Crippen molar-refractivity contribution in [2.45, 2.75) is 118 Å². The fourth-order valence-corrected chi connectivity index (χ4v) is 13.0. The Hall–Kier alpha value is -2.18. The molecule has 4 unspecified atom stereocenters. The van der Waals surface area contributed by atoms with Crippen molar-refractivity contribution >= 4 is 11.9 Å². The molecule has 0 saturated heterocycles. The summed E-state index contributed by atoms with van der Waals surface area (Å²) in [7, 11) is 1.63. The Balaban J connectivity index is 1.23. The summed E-state index contributed by atoms with van der Waals surface area (Å²) in [6, 6.07) is 10.1. The molecule has 5 aliphatic rings. The maximum Gasteiger partial charge on any atom is 0.332 e. The molecule has 48 heavy (non-hydrogen) atoms. The summed E-state index contributed by atoms with van der Waals surface area (Å²) in [5.41, 5.74) is 2.26. The molecule has 266 valence electrons. The maximum absolute atomic E-state index is 14.3. The van der Waals surface area contributed by atoms with Crippen LogP contribution in [0.3, 0.4) is 0 Å². The van der Waals surface area contributed by atoms with Crippen molar-refractivity contribution in [3.05, 3.63) is 48.0 Å². The number of fused-ring (bicyclic) bond motifs is 7. The number of hydrogen-bond acceptors (Lipinski definition) is 6. The summed E-state index contributed by atoms with van der Waals surface area (Å²) in [5, 5.41) is 0. The first-order valence-electron chi connectivity index (χ1n) is 18.9. The van der Waals surface area contributed by atoms with Gasteiger partial charge >= 0.3 is 11.9 Å². The lowest BCUT2D eigenvalue weighted by Gasteiger charge is -2.72. The van der Waals surface area contributed by atoms with Crippen LogP contribution in [0.4, 0.5) is 0 Å². The van der Waals surface area contributed by atoms with Crippen LogP contribution in [0.1, 0.15) is 111 Å². The van der Waals surface area contributed by atoms with Crippen LogP contribution in [-0.4, -0.2) is 45.0 Å². The van der Waals surface area contributed by atoms with Crippen LogP contribution in [0.5, 0.6) is 0 Å². The quantitative estimate of drug-likeness (QED) is 0.142. The molecular formula is C42H62O6. The Labute approximate surface area is 290 Å². The first-order valence-corrected chi connectivity index (χ1v) is 18.9. The lowest BCUT2D eigenvalue weighted by molar-refractivity contribution is -0.251. The van der Waals surface area contributed by atoms with Gasteiger partial charge < -0.3 is 18.9 Å². The molecule has 6 nitrogen and oxygen atoms in total. The highest BCUT2D eigenvalue weighted by Crippen LogP contribution is 2.77. The smallest absolute Gasteiger partial charge is 0.332 e. The van der Waals surface area contributed by atoms with E-state index < -0.39 is 5.41 Å². The number of hydrogen-bond donors (Lipinski definition) is 0. The van der Waals surface area contributed by atoms with Crippen LogP contribution in [0, 0.1) is 56.7 Å². The van der Waals surface area contributed by atoms with E-state index >= 15 is 0 Å². The molecule has 1 aromatic carbocycles. The fourth-order valence-electron chi connectivity index (χ4n) is 13.0. The van der Waals surface area contributed by atoms with Gasteiger partial charge in [-0.2, -0.15) is 0 Å². The summed E-state index contributed by atoms with van der Waals surface area (Å²) < 4.78 is 22.9. The Morgan fingerprint density at radius 2 is 1.58 bits per heavy atom. The minimum Gasteiger partial charge on any atom is -0.460 e. The largest absolute Gasteiger partial charge is 0.460 e. The summed E-state index contributed by atoms with van der Waals surface area (Å²) in [4.78, 5) is 27.1. The average Bonchev–Trinajstić information content (AvgIpc) is 3.45. The molecule has 0 N–H and O–H groups in total. The number of ether oxygens (including phenoxy) is 4. The Kier molecular flexibility index (Phi) is 9.78. The average molecular weight is 663 g/mol. The second-order valence-corrected chi connectivity index (χ2v) is 17.8. The molecule has 6 heteroatoms. The minimum absolute atomic E-state index is 0.0219. The third-order valence-electron chi connectivity index (χ3n) is 15.6. The van der Waals surface area contributed by atoms with Crippen molar-refractivity contribution in [3.8, 4) is 0 Å².